The Bertz CT molecular complexity index is 580. The lowest BCUT2D eigenvalue weighted by atomic mass is 10.2. The lowest BCUT2D eigenvalue weighted by Crippen LogP contribution is -2.38. The zero-order valence-corrected chi connectivity index (χ0v) is 13.1. The third-order valence-electron chi connectivity index (χ3n) is 3.14. The summed E-state index contributed by atoms with van der Waals surface area (Å²) in [4.78, 5) is 4.60. The van der Waals surface area contributed by atoms with E-state index < -0.39 is 0 Å². The van der Waals surface area contributed by atoms with E-state index >= 15 is 0 Å². The molecule has 0 aliphatic heterocycles. The Morgan fingerprint density at radius 3 is 2.86 bits per heavy atom. The first kappa shape index (κ1) is 15.9. The van der Waals surface area contributed by atoms with E-state index in [2.05, 4.69) is 20.7 Å². The molecule has 0 bridgehead atoms. The maximum absolute atomic E-state index is 5.35. The average molecular weight is 301 g/mol. The minimum absolute atomic E-state index is 0.571. The van der Waals surface area contributed by atoms with Gasteiger partial charge < -0.3 is 15.4 Å². The molecule has 2 N–H and O–H groups in total. The van der Waals surface area contributed by atoms with E-state index in [1.807, 2.05) is 48.1 Å². The lowest BCUT2D eigenvalue weighted by molar-refractivity contribution is 0.410. The first-order valence-electron chi connectivity index (χ1n) is 7.45. The molecule has 6 heteroatoms. The number of para-hydroxylation sites is 1. The number of nitrogens with one attached hydrogen (secondary N) is 2. The summed E-state index contributed by atoms with van der Waals surface area (Å²) < 4.78 is 7.23. The quantitative estimate of drug-likeness (QED) is 0.603. The van der Waals surface area contributed by atoms with Crippen molar-refractivity contribution in [3.05, 3.63) is 48.3 Å². The Balaban J connectivity index is 1.91. The summed E-state index contributed by atoms with van der Waals surface area (Å²) in [7, 11) is 1.68. The number of hydrogen-bond donors (Lipinski definition) is 2. The van der Waals surface area contributed by atoms with Crippen LogP contribution in [0.2, 0.25) is 0 Å². The van der Waals surface area contributed by atoms with Crippen LogP contribution in [0.15, 0.2) is 47.7 Å². The van der Waals surface area contributed by atoms with Crippen LogP contribution in [0.5, 0.6) is 5.75 Å². The predicted molar refractivity (Wildman–Crippen MR) is 88.0 cm³/mol. The van der Waals surface area contributed by atoms with E-state index in [0.717, 1.165) is 36.9 Å². The molecule has 0 aliphatic carbocycles. The molecule has 0 saturated carbocycles. The summed E-state index contributed by atoms with van der Waals surface area (Å²) in [5, 5.41) is 10.7. The highest BCUT2D eigenvalue weighted by atomic mass is 16.5. The van der Waals surface area contributed by atoms with Gasteiger partial charge in [-0.25, -0.2) is 4.99 Å². The molecule has 0 saturated heterocycles. The van der Waals surface area contributed by atoms with Gasteiger partial charge >= 0.3 is 0 Å². The van der Waals surface area contributed by atoms with E-state index in [4.69, 9.17) is 4.74 Å². The summed E-state index contributed by atoms with van der Waals surface area (Å²) in [6.07, 6.45) is 3.72. The zero-order valence-electron chi connectivity index (χ0n) is 13.1. The number of rotatable bonds is 7. The number of aliphatic imine (C=N–C) groups is 1. The minimum Gasteiger partial charge on any atom is -0.496 e. The second-order valence-corrected chi connectivity index (χ2v) is 4.70. The molecular formula is C16H23N5O. The third kappa shape index (κ3) is 4.80. The van der Waals surface area contributed by atoms with Gasteiger partial charge in [-0.3, -0.25) is 4.68 Å². The molecule has 22 heavy (non-hydrogen) atoms. The topological polar surface area (TPSA) is 63.5 Å². The van der Waals surface area contributed by atoms with Crippen molar-refractivity contribution in [3.8, 4) is 5.75 Å². The van der Waals surface area contributed by atoms with Crippen LogP contribution in [0, 0.1) is 0 Å². The largest absolute Gasteiger partial charge is 0.496 e. The van der Waals surface area contributed by atoms with Gasteiger partial charge in [0.15, 0.2) is 5.96 Å². The van der Waals surface area contributed by atoms with Crippen molar-refractivity contribution < 1.29 is 4.74 Å². The first-order chi connectivity index (χ1) is 10.8. The van der Waals surface area contributed by atoms with Gasteiger partial charge in [0.2, 0.25) is 0 Å². The van der Waals surface area contributed by atoms with Crippen LogP contribution >= 0.6 is 0 Å². The van der Waals surface area contributed by atoms with Crippen molar-refractivity contribution >= 4 is 5.96 Å². The van der Waals surface area contributed by atoms with Crippen LogP contribution in [0.3, 0.4) is 0 Å². The molecular weight excluding hydrogens is 278 g/mol. The third-order valence-corrected chi connectivity index (χ3v) is 3.14. The molecule has 0 unspecified atom stereocenters. The van der Waals surface area contributed by atoms with Crippen molar-refractivity contribution in [2.45, 2.75) is 20.0 Å². The van der Waals surface area contributed by atoms with Crippen molar-refractivity contribution in [1.29, 1.82) is 0 Å². The number of guanidine groups is 1. The van der Waals surface area contributed by atoms with Crippen LogP contribution in [0.4, 0.5) is 0 Å². The van der Waals surface area contributed by atoms with Gasteiger partial charge in [-0.05, 0) is 19.1 Å². The molecule has 6 nitrogen and oxygen atoms in total. The van der Waals surface area contributed by atoms with Gasteiger partial charge in [0, 0.05) is 31.0 Å². The van der Waals surface area contributed by atoms with E-state index in [9.17, 15) is 0 Å². The number of ether oxygens (including phenoxy) is 1. The molecule has 0 fully saturated rings. The summed E-state index contributed by atoms with van der Waals surface area (Å²) in [6.45, 7) is 5.00. The summed E-state index contributed by atoms with van der Waals surface area (Å²) in [6, 6.07) is 9.84. The molecule has 2 rings (SSSR count). The van der Waals surface area contributed by atoms with Crippen molar-refractivity contribution in [2.24, 2.45) is 4.99 Å². The van der Waals surface area contributed by atoms with Crippen molar-refractivity contribution in [2.75, 3.05) is 20.2 Å². The fourth-order valence-corrected chi connectivity index (χ4v) is 2.06. The van der Waals surface area contributed by atoms with E-state index in [1.54, 1.807) is 13.3 Å². The Morgan fingerprint density at radius 2 is 2.14 bits per heavy atom. The van der Waals surface area contributed by atoms with E-state index in [1.165, 1.54) is 0 Å². The van der Waals surface area contributed by atoms with Crippen molar-refractivity contribution in [3.63, 3.8) is 0 Å². The zero-order chi connectivity index (χ0) is 15.6. The molecule has 0 spiro atoms. The molecule has 0 aliphatic rings. The predicted octanol–water partition coefficient (Wildman–Crippen LogP) is 1.65. The van der Waals surface area contributed by atoms with Crippen LogP contribution in [-0.2, 0) is 13.1 Å². The minimum atomic E-state index is 0.571. The molecule has 118 valence electrons. The normalized spacial score (nSPS) is 11.3. The van der Waals surface area contributed by atoms with Gasteiger partial charge in [-0.2, -0.15) is 5.10 Å². The number of nitrogens with zero attached hydrogens (tertiary/aromatic N) is 3. The molecule has 0 amide bonds. The fourth-order valence-electron chi connectivity index (χ4n) is 2.06. The number of aromatic nitrogens is 2. The highest BCUT2D eigenvalue weighted by Gasteiger charge is 2.02. The molecule has 1 heterocycles. The second kappa shape index (κ2) is 8.71. The number of methoxy groups -OCH3 is 1. The maximum Gasteiger partial charge on any atom is 0.191 e. The smallest absolute Gasteiger partial charge is 0.191 e. The summed E-state index contributed by atoms with van der Waals surface area (Å²) in [5.74, 6) is 1.65. The molecule has 0 radical (unpaired) electrons. The Morgan fingerprint density at radius 1 is 1.27 bits per heavy atom. The standard InChI is InChI=1S/C16H23N5O/c1-3-17-16(18-10-12-21-11-6-9-20-21)19-13-14-7-4-5-8-15(14)22-2/h4-9,11H,3,10,12-13H2,1-2H3,(H2,17,18,19). The highest BCUT2D eigenvalue weighted by molar-refractivity contribution is 5.79. The van der Waals surface area contributed by atoms with Gasteiger partial charge in [-0.1, -0.05) is 18.2 Å². The van der Waals surface area contributed by atoms with Gasteiger partial charge in [0.1, 0.15) is 5.75 Å². The monoisotopic (exact) mass is 301 g/mol. The van der Waals surface area contributed by atoms with Crippen LogP contribution in [0.1, 0.15) is 12.5 Å². The highest BCUT2D eigenvalue weighted by Crippen LogP contribution is 2.17. The average Bonchev–Trinajstić information content (AvgIpc) is 3.06. The fraction of sp³-hybridized carbons (Fsp3) is 0.375. The first-order valence-corrected chi connectivity index (χ1v) is 7.45. The molecule has 0 atom stereocenters. The van der Waals surface area contributed by atoms with E-state index in [0.29, 0.717) is 6.54 Å². The van der Waals surface area contributed by atoms with Crippen LogP contribution in [-0.4, -0.2) is 35.9 Å². The van der Waals surface area contributed by atoms with Gasteiger partial charge in [-0.15, -0.1) is 0 Å². The van der Waals surface area contributed by atoms with E-state index in [-0.39, 0.29) is 0 Å². The lowest BCUT2D eigenvalue weighted by Gasteiger charge is -2.12. The van der Waals surface area contributed by atoms with Crippen molar-refractivity contribution in [1.82, 2.24) is 20.4 Å². The Kier molecular flexibility index (Phi) is 6.29. The second-order valence-electron chi connectivity index (χ2n) is 4.70. The Hall–Kier alpha value is -2.50. The molecule has 1 aromatic heterocycles. The van der Waals surface area contributed by atoms with Gasteiger partial charge in [0.05, 0.1) is 20.2 Å². The number of hydrogen-bond acceptors (Lipinski definition) is 3. The van der Waals surface area contributed by atoms with Crippen LogP contribution < -0.4 is 15.4 Å². The maximum atomic E-state index is 5.35. The Labute approximate surface area is 131 Å². The van der Waals surface area contributed by atoms with Crippen LogP contribution in [0.25, 0.3) is 0 Å². The summed E-state index contributed by atoms with van der Waals surface area (Å²) >= 11 is 0. The molecule has 2 aromatic rings. The molecule has 1 aromatic carbocycles. The SMILES string of the molecule is CCNC(=NCc1ccccc1OC)NCCn1cccn1. The van der Waals surface area contributed by atoms with Gasteiger partial charge in [0.25, 0.3) is 0 Å². The number of benzene rings is 1. The summed E-state index contributed by atoms with van der Waals surface area (Å²) in [5.41, 5.74) is 1.06.